The number of nitrogens with two attached hydrogens (primary N) is 1. The average Bonchev–Trinajstić information content (AvgIpc) is 2.57. The van der Waals surface area contributed by atoms with Crippen LogP contribution in [0.5, 0.6) is 0 Å². The fourth-order valence-electron chi connectivity index (χ4n) is 1.92. The van der Waals surface area contributed by atoms with E-state index >= 15 is 0 Å². The van der Waals surface area contributed by atoms with Crippen molar-refractivity contribution in [2.45, 2.75) is 39.7 Å². The second-order valence-corrected chi connectivity index (χ2v) is 4.72. The molecule has 1 aliphatic heterocycles. The molecule has 0 aromatic carbocycles. The molecule has 5 heteroatoms. The molecule has 1 heterocycles. The fourth-order valence-corrected chi connectivity index (χ4v) is 1.92. The van der Waals surface area contributed by atoms with Gasteiger partial charge >= 0.3 is 0 Å². The van der Waals surface area contributed by atoms with E-state index in [0.29, 0.717) is 5.57 Å². The molecule has 0 saturated heterocycles. The number of rotatable bonds is 5. The predicted molar refractivity (Wildman–Crippen MR) is 78.5 cm³/mol. The molecular weight excluding hydrogens is 240 g/mol. The lowest BCUT2D eigenvalue weighted by Gasteiger charge is -2.18. The van der Waals surface area contributed by atoms with Gasteiger partial charge in [-0.1, -0.05) is 13.8 Å². The van der Waals surface area contributed by atoms with Crippen molar-refractivity contribution < 1.29 is 4.79 Å². The highest BCUT2D eigenvalue weighted by atomic mass is 16.1. The number of hydrogen-bond donors (Lipinski definition) is 3. The van der Waals surface area contributed by atoms with E-state index in [9.17, 15) is 4.79 Å². The zero-order chi connectivity index (χ0) is 14.4. The fraction of sp³-hybridized carbons (Fsp3) is 0.571. The van der Waals surface area contributed by atoms with Gasteiger partial charge < -0.3 is 16.4 Å². The van der Waals surface area contributed by atoms with Gasteiger partial charge in [0.1, 0.15) is 5.84 Å². The third-order valence-electron chi connectivity index (χ3n) is 3.32. The van der Waals surface area contributed by atoms with Crippen molar-refractivity contribution in [3.8, 4) is 0 Å². The molecule has 0 aromatic heterocycles. The normalized spacial score (nSPS) is 20.6. The maximum Gasteiger partial charge on any atom is 0.252 e. The van der Waals surface area contributed by atoms with Gasteiger partial charge in [0, 0.05) is 30.9 Å². The van der Waals surface area contributed by atoms with Crippen molar-refractivity contribution in [3.63, 3.8) is 0 Å². The van der Waals surface area contributed by atoms with Gasteiger partial charge in [-0.2, -0.15) is 0 Å². The standard InChI is InChI=1S/C14H24N4O/c1-5-9(3)18-12-7-10(6-2)14(16-4)17-8-11(12)13(15)19/h7-10,18H,5-6H2,1-4H3,(H2,15,19)(H,16,17). The number of hydrogen-bond acceptors (Lipinski definition) is 4. The first-order chi connectivity index (χ1) is 9.03. The summed E-state index contributed by atoms with van der Waals surface area (Å²) in [5, 5.41) is 6.41. The number of carbonyl (C=O) groups is 1. The molecule has 19 heavy (non-hydrogen) atoms. The highest BCUT2D eigenvalue weighted by Crippen LogP contribution is 2.19. The first-order valence-electron chi connectivity index (χ1n) is 6.77. The van der Waals surface area contributed by atoms with Crippen LogP contribution in [-0.4, -0.2) is 24.8 Å². The van der Waals surface area contributed by atoms with Crippen LogP contribution in [0.1, 0.15) is 33.6 Å². The van der Waals surface area contributed by atoms with Crippen LogP contribution >= 0.6 is 0 Å². The summed E-state index contributed by atoms with van der Waals surface area (Å²) in [6.45, 7) is 6.25. The Morgan fingerprint density at radius 3 is 2.68 bits per heavy atom. The van der Waals surface area contributed by atoms with Gasteiger partial charge in [-0.25, -0.2) is 4.99 Å². The van der Waals surface area contributed by atoms with Crippen molar-refractivity contribution in [2.24, 2.45) is 16.6 Å². The number of aliphatic imine (C=N–C) groups is 1. The van der Waals surface area contributed by atoms with Gasteiger partial charge in [0.05, 0.1) is 5.57 Å². The van der Waals surface area contributed by atoms with Crippen LogP contribution < -0.4 is 16.4 Å². The Labute approximate surface area is 115 Å². The summed E-state index contributed by atoms with van der Waals surface area (Å²) in [4.78, 5) is 15.9. The quantitative estimate of drug-likeness (QED) is 0.700. The van der Waals surface area contributed by atoms with Gasteiger partial charge in [0.15, 0.2) is 0 Å². The summed E-state index contributed by atoms with van der Waals surface area (Å²) in [6, 6.07) is 0.280. The zero-order valence-corrected chi connectivity index (χ0v) is 12.2. The largest absolute Gasteiger partial charge is 0.382 e. The molecule has 0 fully saturated rings. The Hall–Kier alpha value is -1.78. The van der Waals surface area contributed by atoms with Crippen molar-refractivity contribution in [3.05, 3.63) is 23.5 Å². The molecule has 1 rings (SSSR count). The molecule has 0 bridgehead atoms. The highest BCUT2D eigenvalue weighted by Gasteiger charge is 2.20. The third kappa shape index (κ3) is 3.84. The molecule has 2 atom stereocenters. The molecule has 0 aromatic rings. The van der Waals surface area contributed by atoms with Gasteiger partial charge in [-0.3, -0.25) is 4.79 Å². The van der Waals surface area contributed by atoms with E-state index in [1.54, 1.807) is 6.20 Å². The molecule has 2 unspecified atom stereocenters. The zero-order valence-electron chi connectivity index (χ0n) is 12.2. The highest BCUT2D eigenvalue weighted by molar-refractivity contribution is 5.98. The summed E-state index contributed by atoms with van der Waals surface area (Å²) >= 11 is 0. The van der Waals surface area contributed by atoms with Gasteiger partial charge in [-0.05, 0) is 25.8 Å². The average molecular weight is 264 g/mol. The lowest BCUT2D eigenvalue weighted by molar-refractivity contribution is -0.114. The van der Waals surface area contributed by atoms with Gasteiger partial charge in [0.2, 0.25) is 0 Å². The van der Waals surface area contributed by atoms with Crippen LogP contribution in [0.2, 0.25) is 0 Å². The van der Waals surface area contributed by atoms with Crippen molar-refractivity contribution >= 4 is 11.7 Å². The minimum absolute atomic E-state index is 0.157. The second kappa shape index (κ2) is 6.97. The summed E-state index contributed by atoms with van der Waals surface area (Å²) in [6.07, 6.45) is 5.46. The topological polar surface area (TPSA) is 79.5 Å². The van der Waals surface area contributed by atoms with Gasteiger partial charge in [-0.15, -0.1) is 0 Å². The van der Waals surface area contributed by atoms with Gasteiger partial charge in [0.25, 0.3) is 5.91 Å². The van der Waals surface area contributed by atoms with E-state index in [1.165, 1.54) is 0 Å². The molecule has 1 aliphatic rings. The SMILES string of the molecule is CCC(C)NC1=CC(CC)C(NC)=NC=C1C(N)=O. The number of nitrogens with one attached hydrogen (secondary N) is 2. The number of amidine groups is 1. The summed E-state index contributed by atoms with van der Waals surface area (Å²) in [7, 11) is 1.83. The van der Waals surface area contributed by atoms with Crippen molar-refractivity contribution in [2.75, 3.05) is 7.05 Å². The molecular formula is C14H24N4O. The summed E-state index contributed by atoms with van der Waals surface area (Å²) in [5.74, 6) is 0.546. The maximum absolute atomic E-state index is 11.6. The Kier molecular flexibility index (Phi) is 5.60. The molecule has 0 saturated carbocycles. The molecule has 0 spiro atoms. The van der Waals surface area contributed by atoms with E-state index in [4.69, 9.17) is 5.73 Å². The monoisotopic (exact) mass is 264 g/mol. The molecule has 4 N–H and O–H groups in total. The van der Waals surface area contributed by atoms with Crippen LogP contribution in [0.4, 0.5) is 0 Å². The summed E-state index contributed by atoms with van der Waals surface area (Å²) < 4.78 is 0. The van der Waals surface area contributed by atoms with E-state index in [0.717, 1.165) is 24.4 Å². The van der Waals surface area contributed by atoms with Crippen molar-refractivity contribution in [1.29, 1.82) is 0 Å². The van der Waals surface area contributed by atoms with Crippen LogP contribution in [0.25, 0.3) is 0 Å². The number of carbonyl (C=O) groups excluding carboxylic acids is 1. The molecule has 5 nitrogen and oxygen atoms in total. The second-order valence-electron chi connectivity index (χ2n) is 4.72. The first-order valence-corrected chi connectivity index (χ1v) is 6.77. The Balaban J connectivity index is 3.14. The maximum atomic E-state index is 11.6. The van der Waals surface area contributed by atoms with E-state index in [1.807, 2.05) is 13.1 Å². The molecule has 1 amide bonds. The Morgan fingerprint density at radius 2 is 2.21 bits per heavy atom. The summed E-state index contributed by atoms with van der Waals surface area (Å²) in [5.41, 5.74) is 6.65. The van der Waals surface area contributed by atoms with Crippen LogP contribution in [0.15, 0.2) is 28.5 Å². The third-order valence-corrected chi connectivity index (χ3v) is 3.32. The molecule has 0 radical (unpaired) electrons. The lowest BCUT2D eigenvalue weighted by Crippen LogP contribution is -2.31. The minimum Gasteiger partial charge on any atom is -0.382 e. The lowest BCUT2D eigenvalue weighted by atomic mass is 10.0. The number of amides is 1. The first kappa shape index (κ1) is 15.3. The smallest absolute Gasteiger partial charge is 0.252 e. The van der Waals surface area contributed by atoms with Crippen LogP contribution in [0, 0.1) is 5.92 Å². The molecule has 0 aliphatic carbocycles. The Bertz CT molecular complexity index is 423. The van der Waals surface area contributed by atoms with Crippen molar-refractivity contribution in [1.82, 2.24) is 10.6 Å². The number of nitrogens with zero attached hydrogens (tertiary/aromatic N) is 1. The van der Waals surface area contributed by atoms with E-state index in [-0.39, 0.29) is 12.0 Å². The van der Waals surface area contributed by atoms with E-state index in [2.05, 4.69) is 36.4 Å². The predicted octanol–water partition coefficient (Wildman–Crippen LogP) is 1.29. The van der Waals surface area contributed by atoms with Crippen LogP contribution in [-0.2, 0) is 4.79 Å². The Morgan fingerprint density at radius 1 is 1.53 bits per heavy atom. The minimum atomic E-state index is -0.460. The molecule has 106 valence electrons. The van der Waals surface area contributed by atoms with E-state index < -0.39 is 5.91 Å². The number of primary amides is 1. The van der Waals surface area contributed by atoms with Crippen LogP contribution in [0.3, 0.4) is 0 Å².